The maximum atomic E-state index is 12.8. The summed E-state index contributed by atoms with van der Waals surface area (Å²) in [6, 6.07) is 7.06. The Morgan fingerprint density at radius 2 is 1.88 bits per heavy atom. The van der Waals surface area contributed by atoms with Gasteiger partial charge >= 0.3 is 0 Å². The Kier molecular flexibility index (Phi) is 2.90. The molecule has 2 bridgehead atoms. The van der Waals surface area contributed by atoms with Gasteiger partial charge in [-0.25, -0.2) is 4.90 Å². The molecule has 0 N–H and O–H groups in total. The van der Waals surface area contributed by atoms with Gasteiger partial charge in [0, 0.05) is 0 Å². The van der Waals surface area contributed by atoms with Crippen LogP contribution < -0.4 is 9.64 Å². The Bertz CT molecular complexity index is 751. The van der Waals surface area contributed by atoms with E-state index in [1.165, 1.54) is 4.90 Å². The van der Waals surface area contributed by atoms with E-state index in [0.717, 1.165) is 12.2 Å². The molecule has 4 heterocycles. The van der Waals surface area contributed by atoms with Crippen molar-refractivity contribution < 1.29 is 23.8 Å². The Morgan fingerprint density at radius 3 is 2.58 bits per heavy atom. The molecule has 0 spiro atoms. The molecule has 5 rings (SSSR count). The monoisotopic (exact) mass is 327 g/mol. The lowest BCUT2D eigenvalue weighted by Gasteiger charge is -2.18. The van der Waals surface area contributed by atoms with Crippen LogP contribution in [-0.4, -0.2) is 43.3 Å². The summed E-state index contributed by atoms with van der Waals surface area (Å²) in [4.78, 5) is 26.8. The number of benzene rings is 1. The SMILES string of the molecule is CC1=CC2OC1C1C(=O)N(c3ccc(OCC4CO4)cc3)C(=O)C21. The highest BCUT2D eigenvalue weighted by Gasteiger charge is 2.62. The first-order valence-electron chi connectivity index (χ1n) is 8.19. The summed E-state index contributed by atoms with van der Waals surface area (Å²) in [5, 5.41) is 0. The highest BCUT2D eigenvalue weighted by atomic mass is 16.6. The van der Waals surface area contributed by atoms with Crippen LogP contribution >= 0.6 is 0 Å². The number of carbonyl (C=O) groups excluding carboxylic acids is 2. The minimum atomic E-state index is -0.380. The molecule has 1 aromatic carbocycles. The van der Waals surface area contributed by atoms with Gasteiger partial charge in [0.25, 0.3) is 0 Å². The first kappa shape index (κ1) is 14.2. The van der Waals surface area contributed by atoms with Crippen LogP contribution in [0.1, 0.15) is 6.92 Å². The zero-order valence-electron chi connectivity index (χ0n) is 13.2. The van der Waals surface area contributed by atoms with E-state index in [4.69, 9.17) is 14.2 Å². The fraction of sp³-hybridized carbons (Fsp3) is 0.444. The van der Waals surface area contributed by atoms with Crippen LogP contribution in [0.15, 0.2) is 35.9 Å². The molecule has 3 saturated heterocycles. The van der Waals surface area contributed by atoms with Gasteiger partial charge in [0.05, 0.1) is 36.3 Å². The molecule has 1 aromatic rings. The first-order chi connectivity index (χ1) is 11.6. The third-order valence-corrected chi connectivity index (χ3v) is 5.19. The number of hydrogen-bond acceptors (Lipinski definition) is 5. The van der Waals surface area contributed by atoms with Crippen LogP contribution in [-0.2, 0) is 19.1 Å². The van der Waals surface area contributed by atoms with Crippen LogP contribution in [0.5, 0.6) is 5.75 Å². The summed E-state index contributed by atoms with van der Waals surface area (Å²) in [6.07, 6.45) is 1.65. The zero-order valence-corrected chi connectivity index (χ0v) is 13.2. The molecule has 4 aliphatic rings. The van der Waals surface area contributed by atoms with Gasteiger partial charge in [-0.05, 0) is 36.8 Å². The first-order valence-corrected chi connectivity index (χ1v) is 8.19. The number of rotatable bonds is 4. The van der Waals surface area contributed by atoms with Gasteiger partial charge in [0.2, 0.25) is 11.8 Å². The van der Waals surface area contributed by atoms with Gasteiger partial charge < -0.3 is 14.2 Å². The summed E-state index contributed by atoms with van der Waals surface area (Å²) >= 11 is 0. The molecule has 124 valence electrons. The van der Waals surface area contributed by atoms with Crippen molar-refractivity contribution in [1.29, 1.82) is 0 Å². The van der Waals surface area contributed by atoms with Crippen LogP contribution in [0, 0.1) is 11.8 Å². The number of nitrogens with zero attached hydrogens (tertiary/aromatic N) is 1. The molecule has 0 saturated carbocycles. The number of hydrogen-bond donors (Lipinski definition) is 0. The molecule has 0 aromatic heterocycles. The molecule has 5 unspecified atom stereocenters. The summed E-state index contributed by atoms with van der Waals surface area (Å²) < 4.78 is 16.5. The fourth-order valence-electron chi connectivity index (χ4n) is 3.90. The quantitative estimate of drug-likeness (QED) is 0.474. The third-order valence-electron chi connectivity index (χ3n) is 5.19. The standard InChI is InChI=1S/C18H17NO5/c1-9-6-13-14-15(16(9)24-13)18(21)19(17(14)20)10-2-4-11(5-3-10)22-7-12-8-23-12/h2-6,12-16H,7-8H2,1H3. The summed E-state index contributed by atoms with van der Waals surface area (Å²) in [5.74, 6) is -0.384. The molecule has 4 aliphatic heterocycles. The minimum absolute atomic E-state index is 0.162. The second-order valence-corrected chi connectivity index (χ2v) is 6.76. The Morgan fingerprint density at radius 1 is 1.17 bits per heavy atom. The van der Waals surface area contributed by atoms with Gasteiger partial charge in [-0.3, -0.25) is 9.59 Å². The maximum absolute atomic E-state index is 12.8. The van der Waals surface area contributed by atoms with E-state index in [-0.39, 0.29) is 42.0 Å². The molecule has 24 heavy (non-hydrogen) atoms. The number of epoxide rings is 1. The van der Waals surface area contributed by atoms with Crippen molar-refractivity contribution in [3.05, 3.63) is 35.9 Å². The van der Waals surface area contributed by atoms with Gasteiger partial charge in [-0.2, -0.15) is 0 Å². The predicted octanol–water partition coefficient (Wildman–Crippen LogP) is 1.30. The van der Waals surface area contributed by atoms with E-state index in [1.807, 2.05) is 13.0 Å². The topological polar surface area (TPSA) is 68.4 Å². The van der Waals surface area contributed by atoms with Crippen LogP contribution in [0.2, 0.25) is 0 Å². The average molecular weight is 327 g/mol. The minimum Gasteiger partial charge on any atom is -0.491 e. The second kappa shape index (κ2) is 4.91. The van der Waals surface area contributed by atoms with E-state index < -0.39 is 0 Å². The molecule has 0 aliphatic carbocycles. The number of amides is 2. The van der Waals surface area contributed by atoms with Crippen molar-refractivity contribution in [3.63, 3.8) is 0 Å². The van der Waals surface area contributed by atoms with Crippen LogP contribution in [0.4, 0.5) is 5.69 Å². The predicted molar refractivity (Wildman–Crippen MR) is 83.6 cm³/mol. The molecule has 6 nitrogen and oxygen atoms in total. The van der Waals surface area contributed by atoms with E-state index in [9.17, 15) is 9.59 Å². The Labute approximate surface area is 139 Å². The van der Waals surface area contributed by atoms with Crippen molar-refractivity contribution >= 4 is 17.5 Å². The van der Waals surface area contributed by atoms with E-state index >= 15 is 0 Å². The number of fused-ring (bicyclic) bond motifs is 5. The number of anilines is 1. The van der Waals surface area contributed by atoms with Gasteiger partial charge in [0.15, 0.2) is 0 Å². The molecule has 2 amide bonds. The smallest absolute Gasteiger partial charge is 0.240 e. The number of carbonyl (C=O) groups is 2. The largest absolute Gasteiger partial charge is 0.491 e. The van der Waals surface area contributed by atoms with Crippen molar-refractivity contribution in [2.75, 3.05) is 18.1 Å². The van der Waals surface area contributed by atoms with E-state index in [1.54, 1.807) is 24.3 Å². The van der Waals surface area contributed by atoms with Crippen molar-refractivity contribution in [2.24, 2.45) is 11.8 Å². The van der Waals surface area contributed by atoms with Crippen molar-refractivity contribution in [3.8, 4) is 5.75 Å². The molecule has 5 atom stereocenters. The highest BCUT2D eigenvalue weighted by Crippen LogP contribution is 2.48. The lowest BCUT2D eigenvalue weighted by Crippen LogP contribution is -2.34. The van der Waals surface area contributed by atoms with Crippen molar-refractivity contribution in [2.45, 2.75) is 25.2 Å². The van der Waals surface area contributed by atoms with Gasteiger partial charge in [0.1, 0.15) is 18.5 Å². The van der Waals surface area contributed by atoms with Gasteiger partial charge in [-0.1, -0.05) is 6.08 Å². The van der Waals surface area contributed by atoms with Gasteiger partial charge in [-0.15, -0.1) is 0 Å². The van der Waals surface area contributed by atoms with E-state index in [0.29, 0.717) is 18.0 Å². The lowest BCUT2D eigenvalue weighted by molar-refractivity contribution is -0.124. The fourth-order valence-corrected chi connectivity index (χ4v) is 3.90. The highest BCUT2D eigenvalue weighted by molar-refractivity contribution is 6.23. The number of imide groups is 1. The number of ether oxygens (including phenoxy) is 3. The zero-order chi connectivity index (χ0) is 16.4. The molecule has 6 heteroatoms. The molecule has 0 radical (unpaired) electrons. The Hall–Kier alpha value is -2.18. The Balaban J connectivity index is 1.37. The second-order valence-electron chi connectivity index (χ2n) is 6.76. The van der Waals surface area contributed by atoms with Crippen LogP contribution in [0.25, 0.3) is 0 Å². The summed E-state index contributed by atoms with van der Waals surface area (Å²) in [6.45, 7) is 3.23. The van der Waals surface area contributed by atoms with Crippen molar-refractivity contribution in [1.82, 2.24) is 0 Å². The lowest BCUT2D eigenvalue weighted by atomic mass is 9.82. The molecule has 3 fully saturated rings. The maximum Gasteiger partial charge on any atom is 0.240 e. The normalized spacial score (nSPS) is 36.1. The summed E-state index contributed by atoms with van der Waals surface area (Å²) in [5.41, 5.74) is 1.64. The molecular formula is C18H17NO5. The van der Waals surface area contributed by atoms with E-state index in [2.05, 4.69) is 0 Å². The summed E-state index contributed by atoms with van der Waals surface area (Å²) in [7, 11) is 0. The average Bonchev–Trinajstić information content (AvgIpc) is 3.15. The molecular weight excluding hydrogens is 310 g/mol. The third kappa shape index (κ3) is 1.96. The van der Waals surface area contributed by atoms with Crippen LogP contribution in [0.3, 0.4) is 0 Å².